The van der Waals surface area contributed by atoms with Gasteiger partial charge in [-0.3, -0.25) is 4.79 Å². The summed E-state index contributed by atoms with van der Waals surface area (Å²) in [6, 6.07) is 12.1. The third-order valence-corrected chi connectivity index (χ3v) is 5.16. The Bertz CT molecular complexity index is 747. The molecule has 0 bridgehead atoms. The average Bonchev–Trinajstić information content (AvgIpc) is 3.23. The Morgan fingerprint density at radius 1 is 1.11 bits per heavy atom. The molecule has 2 aromatic rings. The third kappa shape index (κ3) is 4.90. The molecule has 3 rings (SSSR count). The SMILES string of the molecule is CCC(=O)Nc1ccc([C@@H](C)NC(=O)N2CCC(n3cccc3)CC2)cc1. The number of carbonyl (C=O) groups is 2. The van der Waals surface area contributed by atoms with Gasteiger partial charge < -0.3 is 20.1 Å². The maximum Gasteiger partial charge on any atom is 0.317 e. The zero-order valence-electron chi connectivity index (χ0n) is 16.0. The van der Waals surface area contributed by atoms with E-state index in [0.29, 0.717) is 12.5 Å². The van der Waals surface area contributed by atoms with E-state index in [2.05, 4.69) is 27.6 Å². The van der Waals surface area contributed by atoms with Gasteiger partial charge >= 0.3 is 6.03 Å². The summed E-state index contributed by atoms with van der Waals surface area (Å²) in [5, 5.41) is 5.91. The van der Waals surface area contributed by atoms with Crippen molar-refractivity contribution < 1.29 is 9.59 Å². The van der Waals surface area contributed by atoms with E-state index in [1.165, 1.54) is 0 Å². The first-order valence-electron chi connectivity index (χ1n) is 9.64. The highest BCUT2D eigenvalue weighted by atomic mass is 16.2. The number of urea groups is 1. The lowest BCUT2D eigenvalue weighted by atomic mass is 10.0. The highest BCUT2D eigenvalue weighted by Gasteiger charge is 2.24. The fourth-order valence-electron chi connectivity index (χ4n) is 3.42. The number of nitrogens with one attached hydrogen (secondary N) is 2. The zero-order valence-corrected chi connectivity index (χ0v) is 16.0. The number of hydrogen-bond donors (Lipinski definition) is 2. The quantitative estimate of drug-likeness (QED) is 0.839. The molecular weight excluding hydrogens is 340 g/mol. The molecule has 0 saturated carbocycles. The minimum Gasteiger partial charge on any atom is -0.351 e. The standard InChI is InChI=1S/C21H28N4O2/c1-3-20(26)23-18-8-6-17(7-9-18)16(2)22-21(27)25-14-10-19(11-15-25)24-12-4-5-13-24/h4-9,12-13,16,19H,3,10-11,14-15H2,1-2H3,(H,22,27)(H,23,26)/t16-/m1/s1. The van der Waals surface area contributed by atoms with Gasteiger partial charge in [0.1, 0.15) is 0 Å². The van der Waals surface area contributed by atoms with Gasteiger partial charge in [-0.1, -0.05) is 19.1 Å². The van der Waals surface area contributed by atoms with Crippen molar-refractivity contribution in [2.24, 2.45) is 0 Å². The second-order valence-corrected chi connectivity index (χ2v) is 7.04. The van der Waals surface area contributed by atoms with Crippen LogP contribution in [0.2, 0.25) is 0 Å². The predicted octanol–water partition coefficient (Wildman–Crippen LogP) is 3.94. The van der Waals surface area contributed by atoms with E-state index in [1.807, 2.05) is 55.1 Å². The average molecular weight is 368 g/mol. The number of nitrogens with zero attached hydrogens (tertiary/aromatic N) is 2. The molecule has 1 aromatic carbocycles. The number of hydrogen-bond acceptors (Lipinski definition) is 2. The van der Waals surface area contributed by atoms with Crippen molar-refractivity contribution in [3.63, 3.8) is 0 Å². The summed E-state index contributed by atoms with van der Waals surface area (Å²) in [7, 11) is 0. The smallest absolute Gasteiger partial charge is 0.317 e. The molecule has 0 aliphatic carbocycles. The Kier molecular flexibility index (Phi) is 6.16. The highest BCUT2D eigenvalue weighted by molar-refractivity contribution is 5.90. The van der Waals surface area contributed by atoms with E-state index in [4.69, 9.17) is 0 Å². The summed E-state index contributed by atoms with van der Waals surface area (Å²) < 4.78 is 2.23. The minimum absolute atomic E-state index is 0.00702. The van der Waals surface area contributed by atoms with Crippen LogP contribution in [0.25, 0.3) is 0 Å². The van der Waals surface area contributed by atoms with Crippen molar-refractivity contribution in [1.29, 1.82) is 0 Å². The fourth-order valence-corrected chi connectivity index (χ4v) is 3.42. The molecule has 2 N–H and O–H groups in total. The van der Waals surface area contributed by atoms with Crippen molar-refractivity contribution in [2.45, 2.75) is 45.2 Å². The van der Waals surface area contributed by atoms with Crippen LogP contribution in [-0.2, 0) is 4.79 Å². The van der Waals surface area contributed by atoms with Gasteiger partial charge in [-0.2, -0.15) is 0 Å². The number of carbonyl (C=O) groups excluding carboxylic acids is 2. The third-order valence-electron chi connectivity index (χ3n) is 5.16. The number of piperidine rings is 1. The second-order valence-electron chi connectivity index (χ2n) is 7.04. The Balaban J connectivity index is 1.49. The number of anilines is 1. The van der Waals surface area contributed by atoms with Crippen LogP contribution in [0.3, 0.4) is 0 Å². The van der Waals surface area contributed by atoms with Gasteiger partial charge in [0, 0.05) is 43.6 Å². The monoisotopic (exact) mass is 368 g/mol. The van der Waals surface area contributed by atoms with Gasteiger partial charge in [0.25, 0.3) is 0 Å². The number of aromatic nitrogens is 1. The van der Waals surface area contributed by atoms with Crippen LogP contribution in [0.15, 0.2) is 48.8 Å². The number of rotatable bonds is 5. The molecule has 3 amide bonds. The second kappa shape index (κ2) is 8.75. The van der Waals surface area contributed by atoms with Gasteiger partial charge in [0.05, 0.1) is 6.04 Å². The van der Waals surface area contributed by atoms with Gasteiger partial charge in [0.15, 0.2) is 0 Å². The summed E-state index contributed by atoms with van der Waals surface area (Å²) in [6.07, 6.45) is 6.59. The molecular formula is C21H28N4O2. The van der Waals surface area contributed by atoms with Crippen molar-refractivity contribution in [3.05, 3.63) is 54.4 Å². The van der Waals surface area contributed by atoms with E-state index in [-0.39, 0.29) is 18.0 Å². The maximum atomic E-state index is 12.6. The van der Waals surface area contributed by atoms with E-state index in [9.17, 15) is 9.59 Å². The van der Waals surface area contributed by atoms with Crippen LogP contribution in [0.5, 0.6) is 0 Å². The number of benzene rings is 1. The van der Waals surface area contributed by atoms with E-state index in [1.54, 1.807) is 0 Å². The summed E-state index contributed by atoms with van der Waals surface area (Å²) in [6.45, 7) is 5.33. The predicted molar refractivity (Wildman–Crippen MR) is 107 cm³/mol. The van der Waals surface area contributed by atoms with Crippen LogP contribution in [0.1, 0.15) is 50.8 Å². The van der Waals surface area contributed by atoms with Crippen LogP contribution >= 0.6 is 0 Å². The van der Waals surface area contributed by atoms with E-state index >= 15 is 0 Å². The normalized spacial score (nSPS) is 16.0. The lowest BCUT2D eigenvalue weighted by Crippen LogP contribution is -2.45. The molecule has 0 unspecified atom stereocenters. The Morgan fingerprint density at radius 3 is 2.33 bits per heavy atom. The van der Waals surface area contributed by atoms with Crippen LogP contribution in [-0.4, -0.2) is 34.5 Å². The van der Waals surface area contributed by atoms with Gasteiger partial charge in [-0.15, -0.1) is 0 Å². The van der Waals surface area contributed by atoms with Crippen LogP contribution < -0.4 is 10.6 Å². The van der Waals surface area contributed by atoms with Crippen molar-refractivity contribution >= 4 is 17.6 Å². The van der Waals surface area contributed by atoms with Gasteiger partial charge in [0.2, 0.25) is 5.91 Å². The molecule has 1 saturated heterocycles. The minimum atomic E-state index is -0.0874. The first-order chi connectivity index (χ1) is 13.1. The molecule has 1 aliphatic rings. The molecule has 1 atom stereocenters. The lowest BCUT2D eigenvalue weighted by Gasteiger charge is -2.33. The maximum absolute atomic E-state index is 12.6. The molecule has 27 heavy (non-hydrogen) atoms. The Morgan fingerprint density at radius 2 is 1.74 bits per heavy atom. The fraction of sp³-hybridized carbons (Fsp3) is 0.429. The van der Waals surface area contributed by atoms with Crippen molar-refractivity contribution in [2.75, 3.05) is 18.4 Å². The zero-order chi connectivity index (χ0) is 19.2. The van der Waals surface area contributed by atoms with Crippen molar-refractivity contribution in [1.82, 2.24) is 14.8 Å². The Labute approximate surface area is 160 Å². The lowest BCUT2D eigenvalue weighted by molar-refractivity contribution is -0.115. The van der Waals surface area contributed by atoms with Gasteiger partial charge in [-0.25, -0.2) is 4.79 Å². The van der Waals surface area contributed by atoms with Crippen molar-refractivity contribution in [3.8, 4) is 0 Å². The number of likely N-dealkylation sites (tertiary alicyclic amines) is 1. The largest absolute Gasteiger partial charge is 0.351 e. The first kappa shape index (κ1) is 19.0. The summed E-state index contributed by atoms with van der Waals surface area (Å²) >= 11 is 0. The summed E-state index contributed by atoms with van der Waals surface area (Å²) in [5.74, 6) is -0.00702. The molecule has 144 valence electrons. The molecule has 6 heteroatoms. The van der Waals surface area contributed by atoms with E-state index < -0.39 is 0 Å². The molecule has 1 aromatic heterocycles. The topological polar surface area (TPSA) is 66.4 Å². The van der Waals surface area contributed by atoms with E-state index in [0.717, 1.165) is 37.2 Å². The van der Waals surface area contributed by atoms with Crippen LogP contribution in [0.4, 0.5) is 10.5 Å². The molecule has 0 radical (unpaired) electrons. The molecule has 1 fully saturated rings. The molecule has 0 spiro atoms. The van der Waals surface area contributed by atoms with Gasteiger partial charge in [-0.05, 0) is 49.6 Å². The summed E-state index contributed by atoms with van der Waals surface area (Å²) in [4.78, 5) is 25.9. The molecule has 6 nitrogen and oxygen atoms in total. The molecule has 2 heterocycles. The Hall–Kier alpha value is -2.76. The number of amides is 3. The van der Waals surface area contributed by atoms with Crippen LogP contribution in [0, 0.1) is 0 Å². The summed E-state index contributed by atoms with van der Waals surface area (Å²) in [5.41, 5.74) is 1.79. The highest BCUT2D eigenvalue weighted by Crippen LogP contribution is 2.23. The molecule has 1 aliphatic heterocycles. The first-order valence-corrected chi connectivity index (χ1v) is 9.64.